The third kappa shape index (κ3) is 2.42. The summed E-state index contributed by atoms with van der Waals surface area (Å²) in [6.45, 7) is 3.08. The molecule has 0 amide bonds. The van der Waals surface area contributed by atoms with Crippen LogP contribution in [0.15, 0.2) is 18.2 Å². The number of halogens is 1. The summed E-state index contributed by atoms with van der Waals surface area (Å²) in [5.41, 5.74) is 4.87. The van der Waals surface area contributed by atoms with Crippen LogP contribution in [0, 0.1) is 6.92 Å². The Morgan fingerprint density at radius 3 is 3.05 bits per heavy atom. The van der Waals surface area contributed by atoms with E-state index in [9.17, 15) is 0 Å². The lowest BCUT2D eigenvalue weighted by atomic mass is 10.1. The molecule has 2 aromatic rings. The van der Waals surface area contributed by atoms with E-state index in [1.165, 1.54) is 11.3 Å². The first-order chi connectivity index (χ1) is 9.70. The second-order valence-electron chi connectivity index (χ2n) is 5.04. The molecule has 106 valence electrons. The lowest BCUT2D eigenvalue weighted by Crippen LogP contribution is -2.06. The molecule has 0 fully saturated rings. The maximum atomic E-state index is 6.05. The molecule has 0 spiro atoms. The molecule has 1 aliphatic heterocycles. The maximum absolute atomic E-state index is 6.05. The highest BCUT2D eigenvalue weighted by molar-refractivity contribution is 7.98. The first-order valence-electron chi connectivity index (χ1n) is 6.81. The van der Waals surface area contributed by atoms with Gasteiger partial charge in [0.2, 0.25) is 0 Å². The molecule has 2 heterocycles. The van der Waals surface area contributed by atoms with E-state index in [0.717, 1.165) is 47.2 Å². The van der Waals surface area contributed by atoms with Crippen LogP contribution in [-0.2, 0) is 12.8 Å². The molecule has 1 aromatic carbocycles. The molecule has 0 saturated heterocycles. The number of rotatable bonds is 4. The fourth-order valence-electron chi connectivity index (χ4n) is 2.68. The zero-order chi connectivity index (χ0) is 14.1. The first kappa shape index (κ1) is 13.8. The Morgan fingerprint density at radius 2 is 2.30 bits per heavy atom. The summed E-state index contributed by atoms with van der Waals surface area (Å²) in [7, 11) is 0. The Balaban J connectivity index is 2.05. The Labute approximate surface area is 128 Å². The van der Waals surface area contributed by atoms with Crippen molar-refractivity contribution in [1.29, 1.82) is 0 Å². The van der Waals surface area contributed by atoms with Crippen molar-refractivity contribution < 1.29 is 0 Å². The number of hydrogen-bond donors (Lipinski definition) is 1. The number of benzene rings is 1. The van der Waals surface area contributed by atoms with Crippen LogP contribution in [0.1, 0.15) is 16.8 Å². The van der Waals surface area contributed by atoms with Gasteiger partial charge in [-0.05, 0) is 49.1 Å². The molecule has 3 rings (SSSR count). The summed E-state index contributed by atoms with van der Waals surface area (Å²) < 4.78 is 2.05. The summed E-state index contributed by atoms with van der Waals surface area (Å²) in [4.78, 5) is 0. The SMILES string of the molecule is CSCCc1nn(-c2ccc(Cl)cc2C)c2c1CCN2. The second-order valence-corrected chi connectivity index (χ2v) is 6.46. The van der Waals surface area contributed by atoms with Crippen molar-refractivity contribution in [2.45, 2.75) is 19.8 Å². The number of anilines is 1. The lowest BCUT2D eigenvalue weighted by molar-refractivity contribution is 0.830. The summed E-state index contributed by atoms with van der Waals surface area (Å²) >= 11 is 7.91. The number of nitrogens with zero attached hydrogens (tertiary/aromatic N) is 2. The van der Waals surface area contributed by atoms with Gasteiger partial charge in [-0.2, -0.15) is 16.9 Å². The number of aromatic nitrogens is 2. The molecule has 1 aromatic heterocycles. The zero-order valence-electron chi connectivity index (χ0n) is 11.7. The largest absolute Gasteiger partial charge is 0.369 e. The Bertz CT molecular complexity index is 636. The number of nitrogens with one attached hydrogen (secondary N) is 1. The number of hydrogen-bond acceptors (Lipinski definition) is 3. The van der Waals surface area contributed by atoms with Gasteiger partial charge in [0, 0.05) is 23.6 Å². The summed E-state index contributed by atoms with van der Waals surface area (Å²) in [5, 5.41) is 9.06. The van der Waals surface area contributed by atoms with Crippen molar-refractivity contribution >= 4 is 29.2 Å². The van der Waals surface area contributed by atoms with Gasteiger partial charge in [0.15, 0.2) is 0 Å². The molecule has 3 nitrogen and oxygen atoms in total. The normalized spacial score (nSPS) is 13.3. The first-order valence-corrected chi connectivity index (χ1v) is 8.58. The predicted molar refractivity (Wildman–Crippen MR) is 87.6 cm³/mol. The highest BCUT2D eigenvalue weighted by Crippen LogP contribution is 2.31. The molecule has 0 saturated carbocycles. The predicted octanol–water partition coefficient (Wildman–Crippen LogP) is 3.71. The van der Waals surface area contributed by atoms with E-state index in [2.05, 4.69) is 18.5 Å². The third-order valence-electron chi connectivity index (χ3n) is 3.66. The minimum Gasteiger partial charge on any atom is -0.369 e. The summed E-state index contributed by atoms with van der Waals surface area (Å²) in [5.74, 6) is 2.27. The van der Waals surface area contributed by atoms with Crippen LogP contribution < -0.4 is 5.32 Å². The molecule has 0 atom stereocenters. The van der Waals surface area contributed by atoms with E-state index < -0.39 is 0 Å². The van der Waals surface area contributed by atoms with Gasteiger partial charge in [-0.3, -0.25) is 0 Å². The van der Waals surface area contributed by atoms with Crippen molar-refractivity contribution in [2.75, 3.05) is 23.9 Å². The average Bonchev–Trinajstić information content (AvgIpc) is 2.99. The Morgan fingerprint density at radius 1 is 1.45 bits per heavy atom. The van der Waals surface area contributed by atoms with Gasteiger partial charge >= 0.3 is 0 Å². The molecule has 0 bridgehead atoms. The van der Waals surface area contributed by atoms with Crippen LogP contribution in [0.2, 0.25) is 5.02 Å². The third-order valence-corrected chi connectivity index (χ3v) is 4.51. The fourth-order valence-corrected chi connectivity index (χ4v) is 3.30. The van der Waals surface area contributed by atoms with E-state index >= 15 is 0 Å². The van der Waals surface area contributed by atoms with Gasteiger partial charge in [-0.25, -0.2) is 4.68 Å². The topological polar surface area (TPSA) is 29.9 Å². The van der Waals surface area contributed by atoms with Crippen LogP contribution in [0.4, 0.5) is 5.82 Å². The molecule has 0 unspecified atom stereocenters. The standard InChI is InChI=1S/C15H18ClN3S/c1-10-9-11(16)3-4-14(10)19-15-12(5-7-17-15)13(18-19)6-8-20-2/h3-4,9,17H,5-8H2,1-2H3. The number of aryl methyl sites for hydroxylation is 2. The van der Waals surface area contributed by atoms with Crippen molar-refractivity contribution in [2.24, 2.45) is 0 Å². The molecule has 1 aliphatic rings. The zero-order valence-corrected chi connectivity index (χ0v) is 13.3. The van der Waals surface area contributed by atoms with E-state index in [4.69, 9.17) is 16.7 Å². The Kier molecular flexibility index (Phi) is 3.94. The highest BCUT2D eigenvalue weighted by Gasteiger charge is 2.23. The van der Waals surface area contributed by atoms with E-state index in [0.29, 0.717) is 0 Å². The lowest BCUT2D eigenvalue weighted by Gasteiger charge is -2.09. The Hall–Kier alpha value is -1.13. The second kappa shape index (κ2) is 5.70. The van der Waals surface area contributed by atoms with E-state index in [-0.39, 0.29) is 0 Å². The molecule has 5 heteroatoms. The van der Waals surface area contributed by atoms with Crippen LogP contribution in [0.3, 0.4) is 0 Å². The van der Waals surface area contributed by atoms with E-state index in [1.807, 2.05) is 34.6 Å². The monoisotopic (exact) mass is 307 g/mol. The van der Waals surface area contributed by atoms with Crippen LogP contribution in [0.5, 0.6) is 0 Å². The minimum absolute atomic E-state index is 0.769. The number of thioether (sulfide) groups is 1. The summed E-state index contributed by atoms with van der Waals surface area (Å²) in [6, 6.07) is 5.96. The molecule has 20 heavy (non-hydrogen) atoms. The fraction of sp³-hybridized carbons (Fsp3) is 0.400. The highest BCUT2D eigenvalue weighted by atomic mass is 35.5. The summed E-state index contributed by atoms with van der Waals surface area (Å²) in [6.07, 6.45) is 4.25. The van der Waals surface area contributed by atoms with Crippen molar-refractivity contribution in [3.8, 4) is 5.69 Å². The van der Waals surface area contributed by atoms with Crippen molar-refractivity contribution in [3.05, 3.63) is 40.0 Å². The van der Waals surface area contributed by atoms with Gasteiger partial charge in [-0.1, -0.05) is 11.6 Å². The quantitative estimate of drug-likeness (QED) is 0.934. The van der Waals surface area contributed by atoms with Crippen LogP contribution >= 0.6 is 23.4 Å². The van der Waals surface area contributed by atoms with E-state index in [1.54, 1.807) is 0 Å². The number of fused-ring (bicyclic) bond motifs is 1. The molecule has 0 aliphatic carbocycles. The van der Waals surface area contributed by atoms with Gasteiger partial charge in [0.05, 0.1) is 11.4 Å². The van der Waals surface area contributed by atoms with Crippen LogP contribution in [-0.4, -0.2) is 28.3 Å². The van der Waals surface area contributed by atoms with Crippen molar-refractivity contribution in [3.63, 3.8) is 0 Å². The van der Waals surface area contributed by atoms with Gasteiger partial charge in [0.25, 0.3) is 0 Å². The minimum atomic E-state index is 0.769. The maximum Gasteiger partial charge on any atom is 0.133 e. The average molecular weight is 308 g/mol. The van der Waals surface area contributed by atoms with Crippen molar-refractivity contribution in [1.82, 2.24) is 9.78 Å². The molecular formula is C15H18ClN3S. The van der Waals surface area contributed by atoms with Gasteiger partial charge in [0.1, 0.15) is 5.82 Å². The molecule has 0 radical (unpaired) electrons. The molecule has 1 N–H and O–H groups in total. The molecular weight excluding hydrogens is 290 g/mol. The van der Waals surface area contributed by atoms with Gasteiger partial charge in [-0.15, -0.1) is 0 Å². The smallest absolute Gasteiger partial charge is 0.133 e. The van der Waals surface area contributed by atoms with Crippen LogP contribution in [0.25, 0.3) is 5.69 Å². The van der Waals surface area contributed by atoms with Gasteiger partial charge < -0.3 is 5.32 Å².